The molecule has 10 heteroatoms. The molecule has 3 rings (SSSR count). The standard InChI is InChI=1S/C25H36N6O4/c1-3-4-14-31-22(26)21(23(33)29-25(31)35)30(15-18-11-6-5-7-12-18)16-20(32)28-24(34)27-19-13-9-8-10-17(19)2/h5-7,11-12,17,19H,3-4,8-10,13-16,26H2,1-2H3,(H,29,33,35)(H2,27,28,32,34). The SMILES string of the molecule is CCCCn1c(N)c(N(CC(=O)NC(=O)NC2CCCCC2C)Cc2ccccc2)c(=O)[nH]c1=O. The molecule has 5 N–H and O–H groups in total. The Kier molecular flexibility index (Phi) is 9.11. The van der Waals surface area contributed by atoms with Gasteiger partial charge in [0.25, 0.3) is 5.56 Å². The predicted molar refractivity (Wildman–Crippen MR) is 136 cm³/mol. The van der Waals surface area contributed by atoms with Gasteiger partial charge in [0.1, 0.15) is 11.5 Å². The Hall–Kier alpha value is -3.56. The number of imide groups is 1. The molecule has 190 valence electrons. The number of aromatic nitrogens is 2. The van der Waals surface area contributed by atoms with Crippen molar-refractivity contribution in [3.05, 3.63) is 56.7 Å². The number of anilines is 2. The van der Waals surface area contributed by atoms with Gasteiger partial charge in [-0.15, -0.1) is 0 Å². The third kappa shape index (κ3) is 6.97. The van der Waals surface area contributed by atoms with Crippen molar-refractivity contribution in [2.75, 3.05) is 17.2 Å². The first-order valence-corrected chi connectivity index (χ1v) is 12.3. The summed E-state index contributed by atoms with van der Waals surface area (Å²) in [5.74, 6) is -0.231. The molecule has 0 aliphatic heterocycles. The number of benzene rings is 1. The van der Waals surface area contributed by atoms with E-state index in [1.54, 1.807) is 0 Å². The van der Waals surface area contributed by atoms with Crippen molar-refractivity contribution >= 4 is 23.4 Å². The van der Waals surface area contributed by atoms with Gasteiger partial charge in [-0.1, -0.05) is 63.4 Å². The van der Waals surface area contributed by atoms with Gasteiger partial charge in [0.15, 0.2) is 0 Å². The lowest BCUT2D eigenvalue weighted by atomic mass is 9.86. The Balaban J connectivity index is 1.83. The molecule has 1 aromatic carbocycles. The van der Waals surface area contributed by atoms with Crippen molar-refractivity contribution in [2.45, 2.75) is 71.5 Å². The molecule has 10 nitrogen and oxygen atoms in total. The molecule has 2 unspecified atom stereocenters. The van der Waals surface area contributed by atoms with Gasteiger partial charge in [-0.25, -0.2) is 9.59 Å². The second-order valence-electron chi connectivity index (χ2n) is 9.23. The predicted octanol–water partition coefficient (Wildman–Crippen LogP) is 2.33. The second kappa shape index (κ2) is 12.2. The van der Waals surface area contributed by atoms with Gasteiger partial charge in [0, 0.05) is 19.1 Å². The maximum Gasteiger partial charge on any atom is 0.330 e. The first-order valence-electron chi connectivity index (χ1n) is 12.3. The molecular weight excluding hydrogens is 448 g/mol. The van der Waals surface area contributed by atoms with E-state index < -0.39 is 23.2 Å². The first kappa shape index (κ1) is 26.1. The Morgan fingerprint density at radius 2 is 1.89 bits per heavy atom. The summed E-state index contributed by atoms with van der Waals surface area (Å²) in [7, 11) is 0. The molecule has 1 aliphatic carbocycles. The Morgan fingerprint density at radius 3 is 2.57 bits per heavy atom. The molecule has 1 heterocycles. The Labute approximate surface area is 204 Å². The summed E-state index contributed by atoms with van der Waals surface area (Å²) in [5.41, 5.74) is 5.89. The Bertz CT molecular complexity index is 1130. The van der Waals surface area contributed by atoms with Crippen LogP contribution >= 0.6 is 0 Å². The number of aromatic amines is 1. The van der Waals surface area contributed by atoms with Crippen molar-refractivity contribution in [3.8, 4) is 0 Å². The first-order chi connectivity index (χ1) is 16.8. The highest BCUT2D eigenvalue weighted by Crippen LogP contribution is 2.23. The summed E-state index contributed by atoms with van der Waals surface area (Å²) in [6, 6.07) is 8.76. The maximum absolute atomic E-state index is 12.9. The van der Waals surface area contributed by atoms with Crippen LogP contribution in [0.2, 0.25) is 0 Å². The number of nitrogens with one attached hydrogen (secondary N) is 3. The van der Waals surface area contributed by atoms with E-state index in [9.17, 15) is 19.2 Å². The van der Waals surface area contributed by atoms with E-state index in [4.69, 9.17) is 5.73 Å². The van der Waals surface area contributed by atoms with Gasteiger partial charge in [-0.3, -0.25) is 24.5 Å². The van der Waals surface area contributed by atoms with E-state index in [0.29, 0.717) is 18.9 Å². The highest BCUT2D eigenvalue weighted by molar-refractivity contribution is 5.96. The average molecular weight is 485 g/mol. The van der Waals surface area contributed by atoms with Crippen LogP contribution in [0, 0.1) is 5.92 Å². The van der Waals surface area contributed by atoms with Gasteiger partial charge in [0.05, 0.1) is 6.54 Å². The summed E-state index contributed by atoms with van der Waals surface area (Å²) in [4.78, 5) is 54.3. The zero-order valence-corrected chi connectivity index (χ0v) is 20.5. The van der Waals surface area contributed by atoms with E-state index in [1.165, 1.54) is 9.47 Å². The van der Waals surface area contributed by atoms with Crippen LogP contribution in [0.5, 0.6) is 0 Å². The van der Waals surface area contributed by atoms with Crippen molar-refractivity contribution in [2.24, 2.45) is 5.92 Å². The van der Waals surface area contributed by atoms with Crippen LogP contribution in [0.3, 0.4) is 0 Å². The van der Waals surface area contributed by atoms with Crippen molar-refractivity contribution in [1.82, 2.24) is 20.2 Å². The van der Waals surface area contributed by atoms with Crippen molar-refractivity contribution in [3.63, 3.8) is 0 Å². The molecule has 1 aromatic heterocycles. The van der Waals surface area contributed by atoms with Crippen LogP contribution in [-0.4, -0.2) is 34.1 Å². The normalized spacial score (nSPS) is 17.5. The molecular formula is C25H36N6O4. The number of carbonyl (C=O) groups is 2. The van der Waals surface area contributed by atoms with E-state index in [0.717, 1.165) is 37.7 Å². The van der Waals surface area contributed by atoms with Crippen LogP contribution in [0.25, 0.3) is 0 Å². The minimum absolute atomic E-state index is 0.00332. The van der Waals surface area contributed by atoms with Gasteiger partial charge in [-0.2, -0.15) is 0 Å². The van der Waals surface area contributed by atoms with Crippen LogP contribution in [0.1, 0.15) is 57.9 Å². The molecule has 0 bridgehead atoms. The van der Waals surface area contributed by atoms with Gasteiger partial charge in [0.2, 0.25) is 5.91 Å². The molecule has 1 aliphatic rings. The number of nitrogens with zero attached hydrogens (tertiary/aromatic N) is 2. The summed E-state index contributed by atoms with van der Waals surface area (Å²) >= 11 is 0. The summed E-state index contributed by atoms with van der Waals surface area (Å²) in [6.45, 7) is 4.32. The fourth-order valence-corrected chi connectivity index (χ4v) is 4.51. The quantitative estimate of drug-likeness (QED) is 0.430. The molecule has 3 amide bonds. The minimum Gasteiger partial charge on any atom is -0.383 e. The number of hydrogen-bond acceptors (Lipinski definition) is 6. The highest BCUT2D eigenvalue weighted by atomic mass is 16.2. The van der Waals surface area contributed by atoms with Crippen LogP contribution in [-0.2, 0) is 17.9 Å². The smallest absolute Gasteiger partial charge is 0.330 e. The average Bonchev–Trinajstić information content (AvgIpc) is 2.80. The number of nitrogens with two attached hydrogens (primary N) is 1. The number of rotatable bonds is 9. The number of H-pyrrole nitrogens is 1. The molecule has 2 atom stereocenters. The fourth-order valence-electron chi connectivity index (χ4n) is 4.51. The van der Waals surface area contributed by atoms with E-state index >= 15 is 0 Å². The molecule has 0 saturated heterocycles. The Morgan fingerprint density at radius 1 is 1.17 bits per heavy atom. The van der Waals surface area contributed by atoms with Crippen LogP contribution in [0.4, 0.5) is 16.3 Å². The van der Waals surface area contributed by atoms with Crippen molar-refractivity contribution < 1.29 is 9.59 Å². The van der Waals surface area contributed by atoms with Gasteiger partial charge < -0.3 is 16.0 Å². The minimum atomic E-state index is -0.676. The fraction of sp³-hybridized carbons (Fsp3) is 0.520. The van der Waals surface area contributed by atoms with E-state index in [1.807, 2.05) is 37.3 Å². The third-order valence-corrected chi connectivity index (χ3v) is 6.50. The summed E-state index contributed by atoms with van der Waals surface area (Å²) in [6.07, 6.45) is 5.65. The number of nitrogen functional groups attached to an aromatic ring is 1. The van der Waals surface area contributed by atoms with E-state index in [2.05, 4.69) is 22.5 Å². The maximum atomic E-state index is 12.9. The van der Waals surface area contributed by atoms with Crippen LogP contribution < -0.4 is 32.5 Å². The molecule has 2 aromatic rings. The topological polar surface area (TPSA) is 142 Å². The number of urea groups is 1. The monoisotopic (exact) mass is 484 g/mol. The lowest BCUT2D eigenvalue weighted by molar-refractivity contribution is -0.118. The molecule has 0 spiro atoms. The lowest BCUT2D eigenvalue weighted by Crippen LogP contribution is -2.50. The summed E-state index contributed by atoms with van der Waals surface area (Å²) < 4.78 is 1.31. The zero-order valence-electron chi connectivity index (χ0n) is 20.5. The zero-order chi connectivity index (χ0) is 25.4. The summed E-state index contributed by atoms with van der Waals surface area (Å²) in [5, 5.41) is 5.28. The number of unbranched alkanes of at least 4 members (excludes halogenated alkanes) is 1. The highest BCUT2D eigenvalue weighted by Gasteiger charge is 2.25. The number of carbonyl (C=O) groups excluding carboxylic acids is 2. The van der Waals surface area contributed by atoms with Crippen LogP contribution in [0.15, 0.2) is 39.9 Å². The second-order valence-corrected chi connectivity index (χ2v) is 9.23. The molecule has 0 radical (unpaired) electrons. The van der Waals surface area contributed by atoms with Gasteiger partial charge >= 0.3 is 11.7 Å². The van der Waals surface area contributed by atoms with Gasteiger partial charge in [-0.05, 0) is 30.7 Å². The molecule has 1 saturated carbocycles. The van der Waals surface area contributed by atoms with Crippen molar-refractivity contribution in [1.29, 1.82) is 0 Å². The largest absolute Gasteiger partial charge is 0.383 e. The number of amides is 3. The third-order valence-electron chi connectivity index (χ3n) is 6.50. The molecule has 35 heavy (non-hydrogen) atoms. The molecule has 1 fully saturated rings. The lowest BCUT2D eigenvalue weighted by Gasteiger charge is -2.29. The van der Waals surface area contributed by atoms with E-state index in [-0.39, 0.29) is 30.6 Å². The number of hydrogen-bond donors (Lipinski definition) is 4.